The molecule has 0 unspecified atom stereocenters. The molecule has 1 aliphatic carbocycles. The molecule has 0 saturated heterocycles. The van der Waals surface area contributed by atoms with Crippen LogP contribution in [0.1, 0.15) is 44.3 Å². The van der Waals surface area contributed by atoms with Gasteiger partial charge in [-0.3, -0.25) is 0 Å². The van der Waals surface area contributed by atoms with Crippen LogP contribution in [-0.2, 0) is 12.0 Å². The largest absolute Gasteiger partial charge is 0.370 e. The first-order valence-electron chi connectivity index (χ1n) is 6.35. The summed E-state index contributed by atoms with van der Waals surface area (Å²) in [6, 6.07) is 0.607. The Kier molecular flexibility index (Phi) is 5.61. The summed E-state index contributed by atoms with van der Waals surface area (Å²) in [7, 11) is 2.01. The lowest BCUT2D eigenvalue weighted by Crippen LogP contribution is -2.35. The average Bonchev–Trinajstić information content (AvgIpc) is 3.02. The molecule has 1 aromatic heterocycles. The van der Waals surface area contributed by atoms with Crippen LogP contribution in [0.4, 0.5) is 0 Å². The molecule has 6 heteroatoms. The van der Waals surface area contributed by atoms with Gasteiger partial charge in [0.05, 0.1) is 12.2 Å². The Morgan fingerprint density at radius 3 is 2.63 bits per heavy atom. The Hall–Kier alpha value is -0.370. The number of hydrogen-bond acceptors (Lipinski definition) is 3. The molecule has 0 atom stereocenters. The van der Waals surface area contributed by atoms with Crippen LogP contribution >= 0.6 is 35.3 Å². The maximum atomic E-state index is 5.95. The van der Waals surface area contributed by atoms with Crippen molar-refractivity contribution in [2.75, 3.05) is 7.05 Å². The number of aromatic nitrogens is 1. The van der Waals surface area contributed by atoms with Gasteiger partial charge in [0, 0.05) is 23.9 Å². The normalized spacial score (nSPS) is 16.1. The lowest BCUT2D eigenvalue weighted by molar-refractivity contribution is 0.487. The Balaban J connectivity index is 0.00000180. The standard InChI is InChI=1S/C13H22N4S.HI/c1-13(2,3)10-8-18-11(16-10)7-15-12(14)17(4)9-5-6-9;/h8-9H,5-7H2,1-4H3,(H2,14,15);1H. The van der Waals surface area contributed by atoms with Crippen molar-refractivity contribution in [2.24, 2.45) is 10.7 Å². The second kappa shape index (κ2) is 6.39. The molecular weight excluding hydrogens is 371 g/mol. The van der Waals surface area contributed by atoms with Crippen molar-refractivity contribution >= 4 is 41.3 Å². The number of nitrogens with two attached hydrogens (primary N) is 1. The van der Waals surface area contributed by atoms with E-state index >= 15 is 0 Å². The number of hydrogen-bond donors (Lipinski definition) is 1. The molecular formula is C13H23IN4S. The molecule has 0 spiro atoms. The first-order valence-corrected chi connectivity index (χ1v) is 7.23. The molecule has 0 bridgehead atoms. The lowest BCUT2D eigenvalue weighted by atomic mass is 9.93. The Labute approximate surface area is 136 Å². The van der Waals surface area contributed by atoms with Gasteiger partial charge in [-0.05, 0) is 12.8 Å². The number of aliphatic imine (C=N–C) groups is 1. The summed E-state index contributed by atoms with van der Waals surface area (Å²) in [5, 5.41) is 3.15. The third-order valence-electron chi connectivity index (χ3n) is 3.15. The van der Waals surface area contributed by atoms with Crippen molar-refractivity contribution in [1.82, 2.24) is 9.88 Å². The molecule has 1 saturated carbocycles. The van der Waals surface area contributed by atoms with E-state index in [-0.39, 0.29) is 29.4 Å². The van der Waals surface area contributed by atoms with Crippen LogP contribution in [0.15, 0.2) is 10.4 Å². The van der Waals surface area contributed by atoms with E-state index < -0.39 is 0 Å². The first-order chi connectivity index (χ1) is 8.38. The maximum Gasteiger partial charge on any atom is 0.191 e. The summed E-state index contributed by atoms with van der Waals surface area (Å²) < 4.78 is 0. The fraction of sp³-hybridized carbons (Fsp3) is 0.692. The highest BCUT2D eigenvalue weighted by molar-refractivity contribution is 14.0. The molecule has 2 N–H and O–H groups in total. The van der Waals surface area contributed by atoms with E-state index in [0.29, 0.717) is 18.5 Å². The average molecular weight is 394 g/mol. The molecule has 108 valence electrons. The summed E-state index contributed by atoms with van der Waals surface area (Å²) in [5.41, 5.74) is 7.19. The topological polar surface area (TPSA) is 54.5 Å². The van der Waals surface area contributed by atoms with Gasteiger partial charge in [0.25, 0.3) is 0 Å². The van der Waals surface area contributed by atoms with Crippen LogP contribution in [0.2, 0.25) is 0 Å². The van der Waals surface area contributed by atoms with Gasteiger partial charge in [0.2, 0.25) is 0 Å². The zero-order valence-electron chi connectivity index (χ0n) is 12.0. The fourth-order valence-electron chi connectivity index (χ4n) is 1.64. The van der Waals surface area contributed by atoms with Gasteiger partial charge in [-0.25, -0.2) is 9.98 Å². The zero-order chi connectivity index (χ0) is 13.3. The van der Waals surface area contributed by atoms with E-state index in [1.54, 1.807) is 11.3 Å². The summed E-state index contributed by atoms with van der Waals surface area (Å²) >= 11 is 1.66. The summed E-state index contributed by atoms with van der Waals surface area (Å²) in [5.74, 6) is 0.630. The molecule has 4 nitrogen and oxygen atoms in total. The van der Waals surface area contributed by atoms with Gasteiger partial charge in [-0.15, -0.1) is 35.3 Å². The predicted octanol–water partition coefficient (Wildman–Crippen LogP) is 2.97. The van der Waals surface area contributed by atoms with E-state index in [4.69, 9.17) is 5.73 Å². The molecule has 0 aliphatic heterocycles. The smallest absolute Gasteiger partial charge is 0.191 e. The second-order valence-corrected chi connectivity index (χ2v) is 6.84. The Morgan fingerprint density at radius 1 is 1.53 bits per heavy atom. The minimum absolute atomic E-state index is 0. The number of nitrogens with zero attached hydrogens (tertiary/aromatic N) is 3. The van der Waals surface area contributed by atoms with E-state index in [2.05, 4.69) is 41.0 Å². The van der Waals surface area contributed by atoms with Gasteiger partial charge in [0.15, 0.2) is 5.96 Å². The fourth-order valence-corrected chi connectivity index (χ4v) is 2.58. The Bertz CT molecular complexity index is 446. The Morgan fingerprint density at radius 2 is 2.16 bits per heavy atom. The van der Waals surface area contributed by atoms with E-state index in [1.165, 1.54) is 12.8 Å². The quantitative estimate of drug-likeness (QED) is 0.487. The summed E-state index contributed by atoms with van der Waals surface area (Å²) in [6.45, 7) is 7.10. The van der Waals surface area contributed by atoms with Gasteiger partial charge in [0.1, 0.15) is 5.01 Å². The molecule has 0 aromatic carbocycles. The number of guanidine groups is 1. The van der Waals surface area contributed by atoms with Crippen molar-refractivity contribution < 1.29 is 0 Å². The minimum atomic E-state index is 0. The van der Waals surface area contributed by atoms with Crippen LogP contribution in [0, 0.1) is 0 Å². The molecule has 1 aromatic rings. The van der Waals surface area contributed by atoms with Gasteiger partial charge in [-0.1, -0.05) is 20.8 Å². The maximum absolute atomic E-state index is 5.95. The lowest BCUT2D eigenvalue weighted by Gasteiger charge is -2.16. The highest BCUT2D eigenvalue weighted by Gasteiger charge is 2.27. The van der Waals surface area contributed by atoms with Crippen LogP contribution in [-0.4, -0.2) is 28.9 Å². The first kappa shape index (κ1) is 16.7. The monoisotopic (exact) mass is 394 g/mol. The van der Waals surface area contributed by atoms with Crippen molar-refractivity contribution in [3.63, 3.8) is 0 Å². The molecule has 0 radical (unpaired) electrons. The van der Waals surface area contributed by atoms with Crippen molar-refractivity contribution in [3.05, 3.63) is 16.1 Å². The summed E-state index contributed by atoms with van der Waals surface area (Å²) in [4.78, 5) is 11.1. The third kappa shape index (κ3) is 4.59. The highest BCUT2D eigenvalue weighted by atomic mass is 127. The molecule has 0 amide bonds. The molecule has 2 rings (SSSR count). The van der Waals surface area contributed by atoms with Gasteiger partial charge in [-0.2, -0.15) is 0 Å². The van der Waals surface area contributed by atoms with E-state index in [0.717, 1.165) is 10.7 Å². The van der Waals surface area contributed by atoms with Gasteiger partial charge >= 0.3 is 0 Å². The van der Waals surface area contributed by atoms with E-state index in [9.17, 15) is 0 Å². The molecule has 19 heavy (non-hydrogen) atoms. The van der Waals surface area contributed by atoms with Crippen molar-refractivity contribution in [1.29, 1.82) is 0 Å². The number of thiazole rings is 1. The zero-order valence-corrected chi connectivity index (χ0v) is 15.2. The van der Waals surface area contributed by atoms with Crippen LogP contribution < -0.4 is 5.73 Å². The third-order valence-corrected chi connectivity index (χ3v) is 3.99. The second-order valence-electron chi connectivity index (χ2n) is 5.89. The van der Waals surface area contributed by atoms with E-state index in [1.807, 2.05) is 7.05 Å². The van der Waals surface area contributed by atoms with Crippen LogP contribution in [0.3, 0.4) is 0 Å². The molecule has 1 aliphatic rings. The number of halogens is 1. The SMILES string of the molecule is CN(C(N)=NCc1nc(C(C)(C)C)cs1)C1CC1.I. The minimum Gasteiger partial charge on any atom is -0.370 e. The molecule has 1 fully saturated rings. The predicted molar refractivity (Wildman–Crippen MR) is 92.3 cm³/mol. The van der Waals surface area contributed by atoms with Crippen molar-refractivity contribution in [3.8, 4) is 0 Å². The van der Waals surface area contributed by atoms with Crippen LogP contribution in [0.25, 0.3) is 0 Å². The van der Waals surface area contributed by atoms with Crippen molar-refractivity contribution in [2.45, 2.75) is 51.6 Å². The highest BCUT2D eigenvalue weighted by Crippen LogP contribution is 2.26. The summed E-state index contributed by atoms with van der Waals surface area (Å²) in [6.07, 6.45) is 2.47. The van der Waals surface area contributed by atoms with Crippen LogP contribution in [0.5, 0.6) is 0 Å². The molecule has 1 heterocycles. The number of rotatable bonds is 3. The van der Waals surface area contributed by atoms with Gasteiger partial charge < -0.3 is 10.6 Å².